The van der Waals surface area contributed by atoms with Gasteiger partial charge in [0.15, 0.2) is 11.5 Å². The van der Waals surface area contributed by atoms with E-state index in [1.54, 1.807) is 0 Å². The van der Waals surface area contributed by atoms with Crippen molar-refractivity contribution in [3.8, 4) is 22.8 Å². The summed E-state index contributed by atoms with van der Waals surface area (Å²) in [5.74, 6) is 2.40. The summed E-state index contributed by atoms with van der Waals surface area (Å²) in [6.45, 7) is 1.68. The number of amides is 1. The molecule has 27 heavy (non-hydrogen) atoms. The van der Waals surface area contributed by atoms with E-state index in [2.05, 4.69) is 10.2 Å². The van der Waals surface area contributed by atoms with Crippen molar-refractivity contribution in [2.24, 2.45) is 5.92 Å². The minimum Gasteiger partial charge on any atom is -0.454 e. The van der Waals surface area contributed by atoms with Gasteiger partial charge in [-0.25, -0.2) is 0 Å². The molecule has 6 nitrogen and oxygen atoms in total. The molecule has 1 aromatic carbocycles. The second-order valence-corrected chi connectivity index (χ2v) is 7.87. The third-order valence-corrected chi connectivity index (χ3v) is 6.12. The first-order valence-corrected chi connectivity index (χ1v) is 10.0. The van der Waals surface area contributed by atoms with Gasteiger partial charge in [0.05, 0.1) is 5.69 Å². The summed E-state index contributed by atoms with van der Waals surface area (Å²) in [6.07, 6.45) is 7.83. The summed E-state index contributed by atoms with van der Waals surface area (Å²) in [4.78, 5) is 14.9. The molecule has 1 N–H and O–H groups in total. The number of benzene rings is 1. The molecule has 1 fully saturated rings. The zero-order valence-electron chi connectivity index (χ0n) is 15.5. The molecule has 1 aliphatic carbocycles. The van der Waals surface area contributed by atoms with E-state index in [1.165, 1.54) is 32.1 Å². The summed E-state index contributed by atoms with van der Waals surface area (Å²) in [7, 11) is 0. The van der Waals surface area contributed by atoms with Crippen LogP contribution in [-0.4, -0.2) is 34.3 Å². The number of hydrogen-bond acceptors (Lipinski definition) is 4. The van der Waals surface area contributed by atoms with Gasteiger partial charge in [-0.15, -0.1) is 0 Å². The summed E-state index contributed by atoms with van der Waals surface area (Å²) in [6, 6.07) is 5.90. The van der Waals surface area contributed by atoms with Crippen LogP contribution < -0.4 is 9.47 Å². The first-order chi connectivity index (χ1) is 13.3. The first-order valence-electron chi connectivity index (χ1n) is 10.0. The number of hydrogen-bond donors (Lipinski definition) is 1. The standard InChI is InChI=1S/C21H25N3O3/c25-20(10-14-4-2-1-3-5-14)24-9-8-17-16(12-24)21(23-22-17)15-6-7-18-19(11-15)27-13-26-18/h6-7,11,14H,1-5,8-10,12-13H2,(H,22,23). The van der Waals surface area contributed by atoms with Gasteiger partial charge in [-0.1, -0.05) is 19.3 Å². The molecule has 1 aromatic heterocycles. The quantitative estimate of drug-likeness (QED) is 0.899. The number of rotatable bonds is 3. The molecule has 0 atom stereocenters. The van der Waals surface area contributed by atoms with E-state index in [4.69, 9.17) is 9.47 Å². The zero-order chi connectivity index (χ0) is 18.2. The van der Waals surface area contributed by atoms with Crippen LogP contribution in [0.15, 0.2) is 18.2 Å². The van der Waals surface area contributed by atoms with Crippen LogP contribution in [0, 0.1) is 5.92 Å². The van der Waals surface area contributed by atoms with Crippen LogP contribution in [0.3, 0.4) is 0 Å². The minimum absolute atomic E-state index is 0.265. The highest BCUT2D eigenvalue weighted by atomic mass is 16.7. The maximum absolute atomic E-state index is 12.9. The molecule has 0 saturated heterocycles. The van der Waals surface area contributed by atoms with Gasteiger partial charge in [0.2, 0.25) is 12.7 Å². The Labute approximate surface area is 158 Å². The van der Waals surface area contributed by atoms with E-state index in [1.807, 2.05) is 23.1 Å². The molecular weight excluding hydrogens is 342 g/mol. The molecule has 3 aliphatic rings. The Kier molecular flexibility index (Phi) is 4.26. The van der Waals surface area contributed by atoms with Crippen molar-refractivity contribution >= 4 is 5.91 Å². The van der Waals surface area contributed by atoms with Gasteiger partial charge in [-0.05, 0) is 37.0 Å². The Hall–Kier alpha value is -2.50. The van der Waals surface area contributed by atoms with Crippen LogP contribution in [0.5, 0.6) is 11.5 Å². The molecule has 142 valence electrons. The van der Waals surface area contributed by atoms with Crippen LogP contribution in [0.25, 0.3) is 11.3 Å². The number of fused-ring (bicyclic) bond motifs is 2. The molecule has 0 spiro atoms. The van der Waals surface area contributed by atoms with Crippen molar-refractivity contribution in [1.82, 2.24) is 15.1 Å². The highest BCUT2D eigenvalue weighted by molar-refractivity contribution is 5.77. The van der Waals surface area contributed by atoms with E-state index in [0.29, 0.717) is 24.8 Å². The maximum atomic E-state index is 12.9. The van der Waals surface area contributed by atoms with Crippen molar-refractivity contribution in [2.75, 3.05) is 13.3 Å². The smallest absolute Gasteiger partial charge is 0.231 e. The fraction of sp³-hybridized carbons (Fsp3) is 0.524. The second-order valence-electron chi connectivity index (χ2n) is 7.87. The van der Waals surface area contributed by atoms with E-state index in [0.717, 1.165) is 47.0 Å². The first kappa shape index (κ1) is 16.7. The Morgan fingerprint density at radius 3 is 2.93 bits per heavy atom. The topological polar surface area (TPSA) is 67.5 Å². The third-order valence-electron chi connectivity index (χ3n) is 6.12. The number of aromatic nitrogens is 2. The molecule has 5 rings (SSSR count). The monoisotopic (exact) mass is 367 g/mol. The van der Waals surface area contributed by atoms with Gasteiger partial charge in [0.1, 0.15) is 0 Å². The number of ether oxygens (including phenoxy) is 2. The Bertz CT molecular complexity index is 854. The number of aromatic amines is 1. The SMILES string of the molecule is O=C(CC1CCCCC1)N1CCc2[nH]nc(-c3ccc4c(c3)OCO4)c2C1. The van der Waals surface area contributed by atoms with E-state index >= 15 is 0 Å². The highest BCUT2D eigenvalue weighted by Crippen LogP contribution is 2.37. The molecule has 3 heterocycles. The Morgan fingerprint density at radius 2 is 2.04 bits per heavy atom. The predicted octanol–water partition coefficient (Wildman–Crippen LogP) is 3.66. The zero-order valence-corrected chi connectivity index (χ0v) is 15.5. The fourth-order valence-electron chi connectivity index (χ4n) is 4.56. The summed E-state index contributed by atoms with van der Waals surface area (Å²) < 4.78 is 10.9. The Morgan fingerprint density at radius 1 is 1.19 bits per heavy atom. The van der Waals surface area contributed by atoms with Gasteiger partial charge in [0.25, 0.3) is 0 Å². The number of carbonyl (C=O) groups is 1. The average molecular weight is 367 g/mol. The molecule has 2 aliphatic heterocycles. The minimum atomic E-state index is 0.265. The lowest BCUT2D eigenvalue weighted by atomic mass is 9.86. The third kappa shape index (κ3) is 3.17. The fourth-order valence-corrected chi connectivity index (χ4v) is 4.56. The van der Waals surface area contributed by atoms with Crippen molar-refractivity contribution in [2.45, 2.75) is 51.5 Å². The van der Waals surface area contributed by atoms with Crippen LogP contribution in [0.2, 0.25) is 0 Å². The molecule has 2 aromatic rings. The van der Waals surface area contributed by atoms with Gasteiger partial charge in [-0.3, -0.25) is 9.89 Å². The van der Waals surface area contributed by atoms with Gasteiger partial charge in [0, 0.05) is 42.8 Å². The van der Waals surface area contributed by atoms with Crippen LogP contribution in [-0.2, 0) is 17.8 Å². The number of nitrogens with one attached hydrogen (secondary N) is 1. The van der Waals surface area contributed by atoms with E-state index in [9.17, 15) is 4.79 Å². The highest BCUT2D eigenvalue weighted by Gasteiger charge is 2.28. The molecule has 6 heteroatoms. The van der Waals surface area contributed by atoms with Crippen LogP contribution in [0.4, 0.5) is 0 Å². The number of carbonyl (C=O) groups excluding carboxylic acids is 1. The van der Waals surface area contributed by atoms with Crippen molar-refractivity contribution in [3.05, 3.63) is 29.5 Å². The molecule has 0 unspecified atom stereocenters. The molecule has 1 saturated carbocycles. The van der Waals surface area contributed by atoms with Crippen molar-refractivity contribution in [1.29, 1.82) is 0 Å². The summed E-state index contributed by atoms with van der Waals surface area (Å²) in [5.41, 5.74) is 4.19. The Balaban J connectivity index is 1.34. The molecule has 1 amide bonds. The molecule has 0 bridgehead atoms. The van der Waals surface area contributed by atoms with Gasteiger partial charge in [-0.2, -0.15) is 5.10 Å². The molecular formula is C21H25N3O3. The van der Waals surface area contributed by atoms with Crippen molar-refractivity contribution < 1.29 is 14.3 Å². The lowest BCUT2D eigenvalue weighted by Crippen LogP contribution is -2.37. The van der Waals surface area contributed by atoms with E-state index < -0.39 is 0 Å². The van der Waals surface area contributed by atoms with Gasteiger partial charge < -0.3 is 14.4 Å². The largest absolute Gasteiger partial charge is 0.454 e. The normalized spacial score (nSPS) is 19.2. The lowest BCUT2D eigenvalue weighted by molar-refractivity contribution is -0.133. The van der Waals surface area contributed by atoms with Gasteiger partial charge >= 0.3 is 0 Å². The summed E-state index contributed by atoms with van der Waals surface area (Å²) in [5, 5.41) is 7.72. The summed E-state index contributed by atoms with van der Waals surface area (Å²) >= 11 is 0. The number of H-pyrrole nitrogens is 1. The van der Waals surface area contributed by atoms with E-state index in [-0.39, 0.29) is 6.79 Å². The maximum Gasteiger partial charge on any atom is 0.231 e. The number of nitrogens with zero attached hydrogens (tertiary/aromatic N) is 2. The van der Waals surface area contributed by atoms with Crippen LogP contribution >= 0.6 is 0 Å². The average Bonchev–Trinajstić information content (AvgIpc) is 3.34. The van der Waals surface area contributed by atoms with Crippen molar-refractivity contribution in [3.63, 3.8) is 0 Å². The van der Waals surface area contributed by atoms with Crippen LogP contribution in [0.1, 0.15) is 49.8 Å². The lowest BCUT2D eigenvalue weighted by Gasteiger charge is -2.30. The predicted molar refractivity (Wildman–Crippen MR) is 100 cm³/mol. The second kappa shape index (κ2) is 6.91. The molecule has 0 radical (unpaired) electrons.